The maximum atomic E-state index is 10.1. The van der Waals surface area contributed by atoms with Crippen LogP contribution >= 0.6 is 0 Å². The van der Waals surface area contributed by atoms with Gasteiger partial charge in [-0.2, -0.15) is 0 Å². The predicted molar refractivity (Wildman–Crippen MR) is 92.3 cm³/mol. The highest BCUT2D eigenvalue weighted by Gasteiger charge is 1.98. The van der Waals surface area contributed by atoms with Gasteiger partial charge in [-0.1, -0.05) is 25.7 Å². The maximum absolute atomic E-state index is 10.1. The van der Waals surface area contributed by atoms with E-state index in [4.69, 9.17) is 19.7 Å². The molecule has 24 heavy (non-hydrogen) atoms. The Kier molecular flexibility index (Phi) is 17.3. The Hall–Kier alpha value is -1.14. The highest BCUT2D eigenvalue weighted by Crippen LogP contribution is 2.08. The molecule has 142 valence electrons. The van der Waals surface area contributed by atoms with Crippen molar-refractivity contribution < 1.29 is 29.3 Å². The van der Waals surface area contributed by atoms with E-state index in [1.54, 1.807) is 0 Å². The van der Waals surface area contributed by atoms with Crippen LogP contribution in [0, 0.1) is 0 Å². The van der Waals surface area contributed by atoms with E-state index in [9.17, 15) is 9.59 Å². The van der Waals surface area contributed by atoms with Crippen molar-refractivity contribution in [3.63, 3.8) is 0 Å². The number of carbonyl (C=O) groups is 2. The van der Waals surface area contributed by atoms with Crippen molar-refractivity contribution >= 4 is 11.9 Å². The van der Waals surface area contributed by atoms with Crippen LogP contribution in [0.1, 0.15) is 77.0 Å². The molecule has 0 aromatic carbocycles. The minimum Gasteiger partial charge on any atom is -0.481 e. The van der Waals surface area contributed by atoms with Crippen molar-refractivity contribution in [2.75, 3.05) is 26.4 Å². The third-order valence-electron chi connectivity index (χ3n) is 3.69. The first-order valence-corrected chi connectivity index (χ1v) is 9.22. The van der Waals surface area contributed by atoms with E-state index in [0.717, 1.165) is 65.0 Å². The Morgan fingerprint density at radius 3 is 1.08 bits per heavy atom. The number of carboxylic acid groups (broad SMARTS) is 2. The van der Waals surface area contributed by atoms with Crippen LogP contribution in [0.15, 0.2) is 0 Å². The summed E-state index contributed by atoms with van der Waals surface area (Å²) in [5, 5.41) is 16.7. The van der Waals surface area contributed by atoms with Gasteiger partial charge < -0.3 is 19.7 Å². The molecule has 2 saturated heterocycles. The standard InChI is InChI=1S/C10H18O4.2C4H8O/c11-9(12)7-5-3-1-2-4-6-8-10(13)14;2*1-2-4-5-3-1/h1-8H2,(H,11,12)(H,13,14);2*1-4H2. The summed E-state index contributed by atoms with van der Waals surface area (Å²) >= 11 is 0. The van der Waals surface area contributed by atoms with Crippen LogP contribution in [0.3, 0.4) is 0 Å². The summed E-state index contributed by atoms with van der Waals surface area (Å²) in [6.07, 6.45) is 10.9. The lowest BCUT2D eigenvalue weighted by atomic mass is 10.1. The van der Waals surface area contributed by atoms with Crippen LogP contribution in [0.2, 0.25) is 0 Å². The van der Waals surface area contributed by atoms with Gasteiger partial charge in [0.15, 0.2) is 0 Å². The Bertz CT molecular complexity index is 253. The van der Waals surface area contributed by atoms with E-state index in [1.807, 2.05) is 0 Å². The summed E-state index contributed by atoms with van der Waals surface area (Å²) in [6, 6.07) is 0. The van der Waals surface area contributed by atoms with E-state index < -0.39 is 11.9 Å². The molecule has 0 bridgehead atoms. The number of unbranched alkanes of at least 4 members (excludes halogenated alkanes) is 5. The number of carboxylic acids is 2. The van der Waals surface area contributed by atoms with Crippen molar-refractivity contribution in [1.82, 2.24) is 0 Å². The van der Waals surface area contributed by atoms with Crippen molar-refractivity contribution in [3.8, 4) is 0 Å². The number of ether oxygens (including phenoxy) is 2. The average molecular weight is 346 g/mol. The number of hydrogen-bond donors (Lipinski definition) is 2. The molecule has 0 unspecified atom stereocenters. The zero-order valence-electron chi connectivity index (χ0n) is 14.8. The van der Waals surface area contributed by atoms with Crippen molar-refractivity contribution in [1.29, 1.82) is 0 Å². The van der Waals surface area contributed by atoms with Gasteiger partial charge in [-0.15, -0.1) is 0 Å². The van der Waals surface area contributed by atoms with Crippen molar-refractivity contribution in [2.45, 2.75) is 77.0 Å². The molecule has 0 radical (unpaired) electrons. The lowest BCUT2D eigenvalue weighted by Gasteiger charge is -1.98. The molecule has 2 fully saturated rings. The van der Waals surface area contributed by atoms with E-state index in [0.29, 0.717) is 0 Å². The molecule has 0 aromatic rings. The van der Waals surface area contributed by atoms with Crippen molar-refractivity contribution in [2.24, 2.45) is 0 Å². The van der Waals surface area contributed by atoms with Crippen LogP contribution in [0.25, 0.3) is 0 Å². The molecule has 2 aliphatic heterocycles. The fourth-order valence-corrected chi connectivity index (χ4v) is 2.28. The quantitative estimate of drug-likeness (QED) is 0.616. The van der Waals surface area contributed by atoms with Gasteiger partial charge >= 0.3 is 11.9 Å². The fraction of sp³-hybridized carbons (Fsp3) is 0.889. The van der Waals surface area contributed by atoms with Gasteiger partial charge in [0.25, 0.3) is 0 Å². The summed E-state index contributed by atoms with van der Waals surface area (Å²) in [4.78, 5) is 20.3. The molecule has 0 aliphatic carbocycles. The van der Waals surface area contributed by atoms with Crippen LogP contribution < -0.4 is 0 Å². The lowest BCUT2D eigenvalue weighted by Crippen LogP contribution is -1.94. The zero-order chi connectivity index (χ0) is 17.9. The Morgan fingerprint density at radius 1 is 0.583 bits per heavy atom. The molecular weight excluding hydrogens is 312 g/mol. The molecule has 0 saturated carbocycles. The second kappa shape index (κ2) is 18.2. The number of rotatable bonds is 9. The Balaban J connectivity index is 0.000000420. The van der Waals surface area contributed by atoms with E-state index >= 15 is 0 Å². The van der Waals surface area contributed by atoms with Gasteiger partial charge in [0, 0.05) is 39.3 Å². The zero-order valence-corrected chi connectivity index (χ0v) is 14.8. The highest BCUT2D eigenvalue weighted by molar-refractivity contribution is 5.66. The van der Waals surface area contributed by atoms with E-state index in [2.05, 4.69) is 0 Å². The largest absolute Gasteiger partial charge is 0.481 e. The second-order valence-electron chi connectivity index (χ2n) is 6.05. The molecular formula is C18H34O6. The fourth-order valence-electron chi connectivity index (χ4n) is 2.28. The minimum atomic E-state index is -0.740. The first-order chi connectivity index (χ1) is 11.6. The number of aliphatic carboxylic acids is 2. The summed E-state index contributed by atoms with van der Waals surface area (Å²) in [5.41, 5.74) is 0. The Labute approximate surface area is 145 Å². The summed E-state index contributed by atoms with van der Waals surface area (Å²) < 4.78 is 9.89. The Morgan fingerprint density at radius 2 is 0.875 bits per heavy atom. The SMILES string of the molecule is C1CCOC1.C1CCOC1.O=C(O)CCCCCCCCC(=O)O. The smallest absolute Gasteiger partial charge is 0.303 e. The first-order valence-electron chi connectivity index (χ1n) is 9.22. The highest BCUT2D eigenvalue weighted by atomic mass is 16.5. The van der Waals surface area contributed by atoms with Crippen molar-refractivity contribution in [3.05, 3.63) is 0 Å². The molecule has 6 nitrogen and oxygen atoms in total. The monoisotopic (exact) mass is 346 g/mol. The summed E-state index contributed by atoms with van der Waals surface area (Å²) in [6.45, 7) is 4.00. The topological polar surface area (TPSA) is 93.1 Å². The van der Waals surface area contributed by atoms with Gasteiger partial charge in [0.1, 0.15) is 0 Å². The van der Waals surface area contributed by atoms with Crippen LogP contribution in [0.4, 0.5) is 0 Å². The summed E-state index contributed by atoms with van der Waals surface area (Å²) in [7, 11) is 0. The average Bonchev–Trinajstić information content (AvgIpc) is 3.28. The lowest BCUT2D eigenvalue weighted by molar-refractivity contribution is -0.138. The van der Waals surface area contributed by atoms with Gasteiger partial charge in [0.05, 0.1) is 0 Å². The molecule has 2 N–H and O–H groups in total. The number of hydrogen-bond acceptors (Lipinski definition) is 4. The third-order valence-corrected chi connectivity index (χ3v) is 3.69. The van der Waals surface area contributed by atoms with Crippen LogP contribution in [-0.4, -0.2) is 48.6 Å². The van der Waals surface area contributed by atoms with Gasteiger partial charge in [0.2, 0.25) is 0 Å². The molecule has 6 heteroatoms. The molecule has 2 heterocycles. The van der Waals surface area contributed by atoms with Crippen LogP contribution in [0.5, 0.6) is 0 Å². The molecule has 0 aromatic heterocycles. The van der Waals surface area contributed by atoms with Gasteiger partial charge in [-0.3, -0.25) is 9.59 Å². The van der Waals surface area contributed by atoms with E-state index in [1.165, 1.54) is 25.7 Å². The van der Waals surface area contributed by atoms with Gasteiger partial charge in [-0.25, -0.2) is 0 Å². The molecule has 2 rings (SSSR count). The molecule has 2 aliphatic rings. The second-order valence-corrected chi connectivity index (χ2v) is 6.05. The molecule has 0 spiro atoms. The maximum Gasteiger partial charge on any atom is 0.303 e. The van der Waals surface area contributed by atoms with Crippen LogP contribution in [-0.2, 0) is 19.1 Å². The molecule has 0 atom stereocenters. The van der Waals surface area contributed by atoms with E-state index in [-0.39, 0.29) is 12.8 Å². The predicted octanol–water partition coefficient (Wildman–Crippen LogP) is 3.87. The summed E-state index contributed by atoms with van der Waals surface area (Å²) in [5.74, 6) is -1.48. The normalized spacial score (nSPS) is 15.8. The third kappa shape index (κ3) is 20.9. The van der Waals surface area contributed by atoms with Gasteiger partial charge in [-0.05, 0) is 38.5 Å². The first kappa shape index (κ1) is 22.9. The minimum absolute atomic E-state index is 0.245. The molecule has 0 amide bonds.